The van der Waals surface area contributed by atoms with E-state index in [4.69, 9.17) is 9.84 Å². The number of aliphatic hydroxyl groups is 1. The summed E-state index contributed by atoms with van der Waals surface area (Å²) >= 11 is 0. The van der Waals surface area contributed by atoms with Crippen LogP contribution in [0.25, 0.3) is 0 Å². The molecule has 0 fully saturated rings. The lowest BCUT2D eigenvalue weighted by Gasteiger charge is -2.07. The number of nitrogens with one attached hydrogen (secondary N) is 1. The van der Waals surface area contributed by atoms with Crippen molar-refractivity contribution >= 4 is 0 Å². The van der Waals surface area contributed by atoms with Gasteiger partial charge in [0, 0.05) is 13.1 Å². The Morgan fingerprint density at radius 3 is 2.83 bits per heavy atom. The molecular formula is C9H19NO2. The average molecular weight is 173 g/mol. The van der Waals surface area contributed by atoms with Crippen LogP contribution in [-0.4, -0.2) is 37.5 Å². The van der Waals surface area contributed by atoms with Crippen LogP contribution < -0.4 is 5.32 Å². The summed E-state index contributed by atoms with van der Waals surface area (Å²) in [4.78, 5) is 0. The minimum absolute atomic E-state index is 0.286. The van der Waals surface area contributed by atoms with Gasteiger partial charge in [-0.2, -0.15) is 0 Å². The molecule has 0 saturated heterocycles. The van der Waals surface area contributed by atoms with Gasteiger partial charge in [0.1, 0.15) is 0 Å². The molecule has 0 amide bonds. The van der Waals surface area contributed by atoms with Crippen LogP contribution in [0, 0.1) is 0 Å². The van der Waals surface area contributed by atoms with Crippen LogP contribution in [-0.2, 0) is 4.74 Å². The maximum atomic E-state index is 8.88. The van der Waals surface area contributed by atoms with Gasteiger partial charge >= 0.3 is 0 Å². The van der Waals surface area contributed by atoms with Crippen LogP contribution in [0.15, 0.2) is 12.2 Å². The Morgan fingerprint density at radius 2 is 2.33 bits per heavy atom. The molecule has 3 heteroatoms. The van der Waals surface area contributed by atoms with Crippen LogP contribution in [0.4, 0.5) is 0 Å². The quantitative estimate of drug-likeness (QED) is 0.436. The zero-order valence-corrected chi connectivity index (χ0v) is 7.97. The Kier molecular flexibility index (Phi) is 7.05. The van der Waals surface area contributed by atoms with Crippen molar-refractivity contribution in [2.45, 2.75) is 20.0 Å². The minimum atomic E-state index is -0.286. The molecule has 0 aliphatic rings. The van der Waals surface area contributed by atoms with E-state index in [2.05, 4.69) is 11.9 Å². The summed E-state index contributed by atoms with van der Waals surface area (Å²) in [6.07, 6.45) is -0.286. The van der Waals surface area contributed by atoms with Gasteiger partial charge in [0.25, 0.3) is 0 Å². The second-order valence-electron chi connectivity index (χ2n) is 3.06. The maximum Gasteiger partial charge on any atom is 0.0672 e. The van der Waals surface area contributed by atoms with Crippen LogP contribution in [0.2, 0.25) is 0 Å². The van der Waals surface area contributed by atoms with Gasteiger partial charge in [-0.1, -0.05) is 12.2 Å². The molecule has 0 rings (SSSR count). The molecule has 0 aliphatic carbocycles. The zero-order valence-electron chi connectivity index (χ0n) is 7.97. The maximum absolute atomic E-state index is 8.88. The van der Waals surface area contributed by atoms with Gasteiger partial charge in [-0.15, -0.1) is 0 Å². The van der Waals surface area contributed by atoms with Crippen LogP contribution in [0.3, 0.4) is 0 Å². The highest BCUT2D eigenvalue weighted by Gasteiger charge is 1.93. The van der Waals surface area contributed by atoms with Crippen molar-refractivity contribution < 1.29 is 9.84 Å². The highest BCUT2D eigenvalue weighted by atomic mass is 16.5. The number of hydrogen-bond acceptors (Lipinski definition) is 3. The summed E-state index contributed by atoms with van der Waals surface area (Å²) in [5.41, 5.74) is 1.03. The SMILES string of the molecule is C=C(C)COCCNC[C@H](C)O. The van der Waals surface area contributed by atoms with Crippen molar-refractivity contribution in [3.63, 3.8) is 0 Å². The molecule has 0 unspecified atom stereocenters. The lowest BCUT2D eigenvalue weighted by Crippen LogP contribution is -2.27. The number of rotatable bonds is 7. The smallest absolute Gasteiger partial charge is 0.0672 e. The van der Waals surface area contributed by atoms with Gasteiger partial charge in [0.15, 0.2) is 0 Å². The minimum Gasteiger partial charge on any atom is -0.392 e. The van der Waals surface area contributed by atoms with Crippen molar-refractivity contribution in [2.24, 2.45) is 0 Å². The molecule has 72 valence electrons. The topological polar surface area (TPSA) is 41.5 Å². The molecule has 0 aromatic rings. The second kappa shape index (κ2) is 7.28. The van der Waals surface area contributed by atoms with Crippen molar-refractivity contribution in [3.8, 4) is 0 Å². The van der Waals surface area contributed by atoms with E-state index in [0.717, 1.165) is 12.1 Å². The molecule has 0 radical (unpaired) electrons. The Balaban J connectivity index is 2.96. The fraction of sp³-hybridized carbons (Fsp3) is 0.778. The fourth-order valence-corrected chi connectivity index (χ4v) is 0.702. The molecule has 1 atom stereocenters. The Labute approximate surface area is 74.4 Å². The van der Waals surface area contributed by atoms with E-state index in [1.54, 1.807) is 6.92 Å². The average Bonchev–Trinajstić information content (AvgIpc) is 1.95. The first-order valence-corrected chi connectivity index (χ1v) is 4.24. The summed E-state index contributed by atoms with van der Waals surface area (Å²) in [6, 6.07) is 0. The number of ether oxygens (including phenoxy) is 1. The number of aliphatic hydroxyl groups excluding tert-OH is 1. The molecule has 0 aliphatic heterocycles. The molecular weight excluding hydrogens is 154 g/mol. The molecule has 2 N–H and O–H groups in total. The summed E-state index contributed by atoms with van der Waals surface area (Å²) in [5.74, 6) is 0. The van der Waals surface area contributed by atoms with Gasteiger partial charge < -0.3 is 15.2 Å². The molecule has 3 nitrogen and oxygen atoms in total. The third kappa shape index (κ3) is 9.62. The van der Waals surface area contributed by atoms with Crippen molar-refractivity contribution in [1.82, 2.24) is 5.32 Å². The molecule has 0 aromatic carbocycles. The van der Waals surface area contributed by atoms with Crippen molar-refractivity contribution in [1.29, 1.82) is 0 Å². The first-order chi connectivity index (χ1) is 5.63. The fourth-order valence-electron chi connectivity index (χ4n) is 0.702. The van der Waals surface area contributed by atoms with E-state index in [0.29, 0.717) is 19.8 Å². The van der Waals surface area contributed by atoms with E-state index in [-0.39, 0.29) is 6.10 Å². The third-order valence-electron chi connectivity index (χ3n) is 1.21. The summed E-state index contributed by atoms with van der Waals surface area (Å²) in [6.45, 7) is 10.1. The normalized spacial score (nSPS) is 12.9. The van der Waals surface area contributed by atoms with E-state index in [1.165, 1.54) is 0 Å². The van der Waals surface area contributed by atoms with Gasteiger partial charge in [0.2, 0.25) is 0 Å². The first-order valence-electron chi connectivity index (χ1n) is 4.24. The second-order valence-corrected chi connectivity index (χ2v) is 3.06. The standard InChI is InChI=1S/C9H19NO2/c1-8(2)7-12-5-4-10-6-9(3)11/h9-11H,1,4-7H2,2-3H3/t9-/m0/s1. The van der Waals surface area contributed by atoms with Gasteiger partial charge in [-0.3, -0.25) is 0 Å². The number of hydrogen-bond donors (Lipinski definition) is 2. The van der Waals surface area contributed by atoms with E-state index < -0.39 is 0 Å². The van der Waals surface area contributed by atoms with Crippen LogP contribution >= 0.6 is 0 Å². The van der Waals surface area contributed by atoms with E-state index in [9.17, 15) is 0 Å². The van der Waals surface area contributed by atoms with Gasteiger partial charge in [-0.05, 0) is 13.8 Å². The Bertz CT molecular complexity index is 124. The monoisotopic (exact) mass is 173 g/mol. The first kappa shape index (κ1) is 11.6. The molecule has 12 heavy (non-hydrogen) atoms. The lowest BCUT2D eigenvalue weighted by molar-refractivity contribution is 0.148. The molecule has 0 aromatic heterocycles. The Hall–Kier alpha value is -0.380. The summed E-state index contributed by atoms with van der Waals surface area (Å²) < 4.78 is 5.23. The zero-order chi connectivity index (χ0) is 9.40. The highest BCUT2D eigenvalue weighted by Crippen LogP contribution is 1.86. The van der Waals surface area contributed by atoms with E-state index >= 15 is 0 Å². The van der Waals surface area contributed by atoms with E-state index in [1.807, 2.05) is 6.92 Å². The van der Waals surface area contributed by atoms with Gasteiger partial charge in [-0.25, -0.2) is 0 Å². The Morgan fingerprint density at radius 1 is 1.67 bits per heavy atom. The third-order valence-corrected chi connectivity index (χ3v) is 1.21. The van der Waals surface area contributed by atoms with Crippen LogP contribution in [0.1, 0.15) is 13.8 Å². The van der Waals surface area contributed by atoms with Crippen molar-refractivity contribution in [3.05, 3.63) is 12.2 Å². The molecule has 0 spiro atoms. The lowest BCUT2D eigenvalue weighted by atomic mass is 10.4. The van der Waals surface area contributed by atoms with Crippen molar-refractivity contribution in [2.75, 3.05) is 26.3 Å². The van der Waals surface area contributed by atoms with Gasteiger partial charge in [0.05, 0.1) is 19.3 Å². The largest absolute Gasteiger partial charge is 0.392 e. The molecule has 0 bridgehead atoms. The summed E-state index contributed by atoms with van der Waals surface area (Å²) in [5, 5.41) is 11.9. The summed E-state index contributed by atoms with van der Waals surface area (Å²) in [7, 11) is 0. The predicted octanol–water partition coefficient (Wildman–Crippen LogP) is 0.549. The van der Waals surface area contributed by atoms with Crippen LogP contribution in [0.5, 0.6) is 0 Å². The molecule has 0 heterocycles. The molecule has 0 saturated carbocycles. The predicted molar refractivity (Wildman–Crippen MR) is 50.2 cm³/mol. The highest BCUT2D eigenvalue weighted by molar-refractivity contribution is 4.87.